The van der Waals surface area contributed by atoms with E-state index in [4.69, 9.17) is 0 Å². The second-order valence-electron chi connectivity index (χ2n) is 6.44. The number of hydrogen-bond acceptors (Lipinski definition) is 2. The molecule has 18 heavy (non-hydrogen) atoms. The van der Waals surface area contributed by atoms with E-state index in [0.717, 1.165) is 19.6 Å². The van der Waals surface area contributed by atoms with E-state index < -0.39 is 0 Å². The Morgan fingerprint density at radius 2 is 2.06 bits per heavy atom. The summed E-state index contributed by atoms with van der Waals surface area (Å²) in [6.07, 6.45) is 0. The third kappa shape index (κ3) is 2.86. The highest BCUT2D eigenvalue weighted by Crippen LogP contribution is 2.31. The molecule has 0 spiro atoms. The molecule has 0 fully saturated rings. The first kappa shape index (κ1) is 13.4. The third-order valence-corrected chi connectivity index (χ3v) is 4.47. The highest BCUT2D eigenvalue weighted by molar-refractivity contribution is 5.57. The Hall–Kier alpha value is -1.02. The minimum atomic E-state index is 0.367. The van der Waals surface area contributed by atoms with Gasteiger partial charge in [-0.05, 0) is 23.0 Å². The van der Waals surface area contributed by atoms with E-state index >= 15 is 0 Å². The summed E-state index contributed by atoms with van der Waals surface area (Å²) in [7, 11) is 0. The molecule has 0 saturated heterocycles. The van der Waals surface area contributed by atoms with Crippen molar-refractivity contribution in [1.29, 1.82) is 0 Å². The Bertz CT molecular complexity index is 396. The number of fused-ring (bicyclic) bond motifs is 1. The summed E-state index contributed by atoms with van der Waals surface area (Å²) >= 11 is 0. The van der Waals surface area contributed by atoms with Crippen molar-refractivity contribution in [2.24, 2.45) is 11.3 Å². The van der Waals surface area contributed by atoms with E-state index in [-0.39, 0.29) is 0 Å². The molecule has 2 heteroatoms. The molecule has 0 radical (unpaired) electrons. The van der Waals surface area contributed by atoms with Crippen LogP contribution in [0.5, 0.6) is 0 Å². The summed E-state index contributed by atoms with van der Waals surface area (Å²) < 4.78 is 0. The quantitative estimate of drug-likeness (QED) is 0.831. The predicted octanol–water partition coefficient (Wildman–Crippen LogP) is 3.47. The van der Waals surface area contributed by atoms with Crippen molar-refractivity contribution >= 4 is 5.69 Å². The Morgan fingerprint density at radius 3 is 2.78 bits per heavy atom. The van der Waals surface area contributed by atoms with Gasteiger partial charge in [-0.1, -0.05) is 45.9 Å². The summed E-state index contributed by atoms with van der Waals surface area (Å²) in [6, 6.07) is 8.66. The molecule has 0 saturated carbocycles. The van der Waals surface area contributed by atoms with Gasteiger partial charge in [0.2, 0.25) is 0 Å². The lowest BCUT2D eigenvalue weighted by atomic mass is 9.81. The van der Waals surface area contributed by atoms with Crippen LogP contribution in [0.4, 0.5) is 5.69 Å². The van der Waals surface area contributed by atoms with Gasteiger partial charge in [-0.15, -0.1) is 0 Å². The maximum atomic E-state index is 3.65. The molecule has 0 aliphatic carbocycles. The SMILES string of the molecule is CC(C)C(C)(C)CNCC1CNc2ccccc21. The van der Waals surface area contributed by atoms with Crippen LogP contribution in [-0.4, -0.2) is 19.6 Å². The standard InChI is InChI=1S/C16H26N2/c1-12(2)16(3,4)11-17-9-13-10-18-15-8-6-5-7-14(13)15/h5-8,12-13,17-18H,9-11H2,1-4H3. The smallest absolute Gasteiger partial charge is 0.0376 e. The van der Waals surface area contributed by atoms with Crippen LogP contribution in [0.2, 0.25) is 0 Å². The van der Waals surface area contributed by atoms with Gasteiger partial charge in [-0.2, -0.15) is 0 Å². The highest BCUT2D eigenvalue weighted by atomic mass is 15.0. The van der Waals surface area contributed by atoms with Gasteiger partial charge in [0.25, 0.3) is 0 Å². The van der Waals surface area contributed by atoms with E-state index in [0.29, 0.717) is 17.3 Å². The average Bonchev–Trinajstić information content (AvgIpc) is 2.72. The first-order valence-corrected chi connectivity index (χ1v) is 7.04. The van der Waals surface area contributed by atoms with Crippen LogP contribution in [-0.2, 0) is 0 Å². The maximum absolute atomic E-state index is 3.65. The van der Waals surface area contributed by atoms with Crippen LogP contribution < -0.4 is 10.6 Å². The first-order valence-electron chi connectivity index (χ1n) is 7.04. The monoisotopic (exact) mass is 246 g/mol. The molecule has 0 amide bonds. The summed E-state index contributed by atoms with van der Waals surface area (Å²) in [5.74, 6) is 1.32. The Balaban J connectivity index is 1.86. The van der Waals surface area contributed by atoms with Crippen LogP contribution in [0.25, 0.3) is 0 Å². The normalized spacial score (nSPS) is 18.8. The van der Waals surface area contributed by atoms with Crippen molar-refractivity contribution in [3.05, 3.63) is 29.8 Å². The number of para-hydroxylation sites is 1. The molecule has 1 heterocycles. The third-order valence-electron chi connectivity index (χ3n) is 4.47. The Kier molecular flexibility index (Phi) is 3.96. The van der Waals surface area contributed by atoms with Crippen LogP contribution in [0.15, 0.2) is 24.3 Å². The highest BCUT2D eigenvalue weighted by Gasteiger charge is 2.24. The molecular formula is C16H26N2. The van der Waals surface area contributed by atoms with E-state index in [9.17, 15) is 0 Å². The molecule has 1 aliphatic rings. The van der Waals surface area contributed by atoms with Gasteiger partial charge in [0, 0.05) is 31.2 Å². The fraction of sp³-hybridized carbons (Fsp3) is 0.625. The molecule has 2 rings (SSSR count). The summed E-state index contributed by atoms with van der Waals surface area (Å²) in [4.78, 5) is 0. The van der Waals surface area contributed by atoms with Gasteiger partial charge in [0.05, 0.1) is 0 Å². The minimum Gasteiger partial charge on any atom is -0.384 e. The van der Waals surface area contributed by atoms with Crippen molar-refractivity contribution in [1.82, 2.24) is 5.32 Å². The summed E-state index contributed by atoms with van der Waals surface area (Å²) in [5.41, 5.74) is 3.14. The lowest BCUT2D eigenvalue weighted by Crippen LogP contribution is -2.35. The number of benzene rings is 1. The molecule has 2 N–H and O–H groups in total. The van der Waals surface area contributed by atoms with Gasteiger partial charge in [0.15, 0.2) is 0 Å². The fourth-order valence-electron chi connectivity index (χ4n) is 2.31. The second kappa shape index (κ2) is 5.31. The number of nitrogens with one attached hydrogen (secondary N) is 2. The topological polar surface area (TPSA) is 24.1 Å². The predicted molar refractivity (Wildman–Crippen MR) is 79.2 cm³/mol. The summed E-state index contributed by atoms with van der Waals surface area (Å²) in [6.45, 7) is 12.5. The lowest BCUT2D eigenvalue weighted by Gasteiger charge is -2.30. The van der Waals surface area contributed by atoms with Crippen LogP contribution in [0.3, 0.4) is 0 Å². The molecule has 1 aliphatic heterocycles. The van der Waals surface area contributed by atoms with Crippen molar-refractivity contribution in [3.8, 4) is 0 Å². The number of rotatable bonds is 5. The van der Waals surface area contributed by atoms with Crippen molar-refractivity contribution in [3.63, 3.8) is 0 Å². The van der Waals surface area contributed by atoms with Crippen LogP contribution in [0.1, 0.15) is 39.2 Å². The minimum absolute atomic E-state index is 0.367. The molecule has 0 bridgehead atoms. The zero-order valence-electron chi connectivity index (χ0n) is 12.1. The van der Waals surface area contributed by atoms with E-state index in [1.54, 1.807) is 0 Å². The molecule has 1 aromatic carbocycles. The molecule has 1 atom stereocenters. The van der Waals surface area contributed by atoms with E-state index in [1.165, 1.54) is 11.3 Å². The average molecular weight is 246 g/mol. The molecule has 1 unspecified atom stereocenters. The van der Waals surface area contributed by atoms with Crippen LogP contribution >= 0.6 is 0 Å². The molecular weight excluding hydrogens is 220 g/mol. The molecule has 0 aromatic heterocycles. The van der Waals surface area contributed by atoms with Crippen molar-refractivity contribution in [2.75, 3.05) is 25.0 Å². The largest absolute Gasteiger partial charge is 0.384 e. The second-order valence-corrected chi connectivity index (χ2v) is 6.44. The van der Waals surface area contributed by atoms with Gasteiger partial charge in [0.1, 0.15) is 0 Å². The zero-order chi connectivity index (χ0) is 13.2. The van der Waals surface area contributed by atoms with Gasteiger partial charge < -0.3 is 10.6 Å². The van der Waals surface area contributed by atoms with Crippen molar-refractivity contribution < 1.29 is 0 Å². The fourth-order valence-corrected chi connectivity index (χ4v) is 2.31. The molecule has 100 valence electrons. The first-order chi connectivity index (χ1) is 8.50. The van der Waals surface area contributed by atoms with Gasteiger partial charge in [-0.3, -0.25) is 0 Å². The van der Waals surface area contributed by atoms with E-state index in [2.05, 4.69) is 62.6 Å². The number of anilines is 1. The van der Waals surface area contributed by atoms with Gasteiger partial charge >= 0.3 is 0 Å². The summed E-state index contributed by atoms with van der Waals surface area (Å²) in [5, 5.41) is 7.13. The zero-order valence-corrected chi connectivity index (χ0v) is 12.1. The van der Waals surface area contributed by atoms with Crippen molar-refractivity contribution in [2.45, 2.75) is 33.6 Å². The van der Waals surface area contributed by atoms with Crippen LogP contribution in [0, 0.1) is 11.3 Å². The Labute approximate surface area is 111 Å². The van der Waals surface area contributed by atoms with E-state index in [1.807, 2.05) is 0 Å². The molecule has 1 aromatic rings. The Morgan fingerprint density at radius 1 is 1.33 bits per heavy atom. The lowest BCUT2D eigenvalue weighted by molar-refractivity contribution is 0.237. The number of hydrogen-bond donors (Lipinski definition) is 2. The van der Waals surface area contributed by atoms with Gasteiger partial charge in [-0.25, -0.2) is 0 Å². The molecule has 2 nitrogen and oxygen atoms in total. The maximum Gasteiger partial charge on any atom is 0.0376 e.